The summed E-state index contributed by atoms with van der Waals surface area (Å²) in [5.74, 6) is 0.393. The van der Waals surface area contributed by atoms with Gasteiger partial charge in [-0.15, -0.1) is 0 Å². The maximum absolute atomic E-state index is 10.5. The molecule has 0 aliphatic carbocycles. The minimum Gasteiger partial charge on any atom is -0.258 e. The molecule has 84 valence electrons. The molecule has 0 aliphatic heterocycles. The molecular weight excluding hydrogens is 290 g/mol. The number of hydrogen-bond donors (Lipinski definition) is 0. The first-order valence-corrected chi connectivity index (χ1v) is 5.17. The van der Waals surface area contributed by atoms with E-state index in [0.717, 1.165) is 6.20 Å². The maximum Gasteiger partial charge on any atom is 0.287 e. The molecule has 0 fully saturated rings. The van der Waals surface area contributed by atoms with E-state index in [1.807, 2.05) is 6.07 Å². The monoisotopic (exact) mass is 293 g/mol. The van der Waals surface area contributed by atoms with Crippen LogP contribution < -0.4 is 0 Å². The first-order chi connectivity index (χ1) is 8.13. The van der Waals surface area contributed by atoms with Crippen molar-refractivity contribution >= 4 is 21.6 Å². The normalized spacial score (nSPS) is 9.88. The molecule has 0 aliphatic rings. The molecule has 0 saturated heterocycles. The Morgan fingerprint density at radius 1 is 1.47 bits per heavy atom. The Labute approximate surface area is 104 Å². The highest BCUT2D eigenvalue weighted by atomic mass is 79.9. The van der Waals surface area contributed by atoms with E-state index < -0.39 is 4.92 Å². The summed E-state index contributed by atoms with van der Waals surface area (Å²) in [5.41, 5.74) is 0.266. The zero-order valence-corrected chi connectivity index (χ0v) is 9.83. The topological polar surface area (TPSA) is 97.6 Å². The van der Waals surface area contributed by atoms with Crippen LogP contribution in [-0.4, -0.2) is 19.7 Å². The molecule has 0 saturated carbocycles. The molecule has 2 aromatic rings. The molecule has 0 bridgehead atoms. The second-order valence-corrected chi connectivity index (χ2v) is 3.76. The summed E-state index contributed by atoms with van der Waals surface area (Å²) < 4.78 is 1.84. The highest BCUT2D eigenvalue weighted by molar-refractivity contribution is 9.10. The highest BCUT2D eigenvalue weighted by Crippen LogP contribution is 2.19. The average Bonchev–Trinajstić information content (AvgIpc) is 2.70. The molecule has 2 aromatic heterocycles. The zero-order chi connectivity index (χ0) is 12.4. The fourth-order valence-electron chi connectivity index (χ4n) is 1.18. The van der Waals surface area contributed by atoms with Gasteiger partial charge in [-0.05, 0) is 22.0 Å². The summed E-state index contributed by atoms with van der Waals surface area (Å²) in [6.07, 6.45) is 2.52. The summed E-state index contributed by atoms with van der Waals surface area (Å²) in [6, 6.07) is 4.73. The molecule has 17 heavy (non-hydrogen) atoms. The van der Waals surface area contributed by atoms with Crippen LogP contribution in [0.25, 0.3) is 5.82 Å². The van der Waals surface area contributed by atoms with Gasteiger partial charge in [0.15, 0.2) is 5.82 Å². The first-order valence-electron chi connectivity index (χ1n) is 4.38. The van der Waals surface area contributed by atoms with Gasteiger partial charge in [0.2, 0.25) is 0 Å². The summed E-state index contributed by atoms with van der Waals surface area (Å²) >= 11 is 3.20. The van der Waals surface area contributed by atoms with Crippen molar-refractivity contribution in [2.75, 3.05) is 0 Å². The molecular formula is C9H4BrN5O2. The van der Waals surface area contributed by atoms with Gasteiger partial charge >= 0.3 is 0 Å². The Balaban J connectivity index is 2.44. The Morgan fingerprint density at radius 2 is 2.24 bits per heavy atom. The summed E-state index contributed by atoms with van der Waals surface area (Å²) in [5, 5.41) is 23.2. The Bertz CT molecular complexity index is 613. The van der Waals surface area contributed by atoms with Crippen LogP contribution in [0.3, 0.4) is 0 Å². The molecule has 2 heterocycles. The van der Waals surface area contributed by atoms with Crippen LogP contribution in [0.2, 0.25) is 0 Å². The zero-order valence-electron chi connectivity index (χ0n) is 8.24. The van der Waals surface area contributed by atoms with Crippen LogP contribution in [0, 0.1) is 21.4 Å². The summed E-state index contributed by atoms with van der Waals surface area (Å²) in [6.45, 7) is 0. The van der Waals surface area contributed by atoms with Crippen LogP contribution in [-0.2, 0) is 0 Å². The van der Waals surface area contributed by atoms with E-state index in [9.17, 15) is 10.1 Å². The van der Waals surface area contributed by atoms with Crippen molar-refractivity contribution in [2.45, 2.75) is 0 Å². The van der Waals surface area contributed by atoms with E-state index >= 15 is 0 Å². The number of nitro groups is 1. The van der Waals surface area contributed by atoms with E-state index in [4.69, 9.17) is 5.26 Å². The van der Waals surface area contributed by atoms with Crippen LogP contribution in [0.15, 0.2) is 29.1 Å². The van der Waals surface area contributed by atoms with Crippen molar-refractivity contribution in [3.05, 3.63) is 44.8 Å². The molecule has 0 spiro atoms. The molecule has 0 amide bonds. The maximum atomic E-state index is 10.5. The number of rotatable bonds is 2. The lowest BCUT2D eigenvalue weighted by Gasteiger charge is -2.00. The Kier molecular flexibility index (Phi) is 2.84. The quantitative estimate of drug-likeness (QED) is 0.621. The van der Waals surface area contributed by atoms with Crippen molar-refractivity contribution in [1.29, 1.82) is 5.26 Å². The fourth-order valence-corrected chi connectivity index (χ4v) is 1.64. The van der Waals surface area contributed by atoms with E-state index in [1.54, 1.807) is 0 Å². The first kappa shape index (κ1) is 11.2. The molecule has 0 unspecified atom stereocenters. The van der Waals surface area contributed by atoms with Gasteiger partial charge in [0.05, 0.1) is 11.1 Å². The van der Waals surface area contributed by atoms with Crippen molar-refractivity contribution in [2.24, 2.45) is 0 Å². The molecule has 7 nitrogen and oxygen atoms in total. The average molecular weight is 294 g/mol. The lowest BCUT2D eigenvalue weighted by Crippen LogP contribution is -2.00. The molecule has 0 aromatic carbocycles. The Morgan fingerprint density at radius 3 is 2.71 bits per heavy atom. The third kappa shape index (κ3) is 2.00. The van der Waals surface area contributed by atoms with E-state index in [-0.39, 0.29) is 5.69 Å². The van der Waals surface area contributed by atoms with Gasteiger partial charge in [0.1, 0.15) is 22.4 Å². The minimum absolute atomic E-state index is 0.0995. The highest BCUT2D eigenvalue weighted by Gasteiger charge is 2.11. The molecule has 8 heteroatoms. The van der Waals surface area contributed by atoms with E-state index in [1.165, 1.54) is 23.0 Å². The van der Waals surface area contributed by atoms with Gasteiger partial charge in [0.25, 0.3) is 5.69 Å². The van der Waals surface area contributed by atoms with Crippen molar-refractivity contribution in [3.8, 4) is 11.9 Å². The van der Waals surface area contributed by atoms with Crippen LogP contribution >= 0.6 is 15.9 Å². The lowest BCUT2D eigenvalue weighted by molar-refractivity contribution is -0.385. The van der Waals surface area contributed by atoms with Crippen molar-refractivity contribution in [3.63, 3.8) is 0 Å². The standard InChI is InChI=1S/C9H4BrN5O2/c10-9-6(3-11)4-13-14(9)8-2-1-7(5-12-8)15(16)17/h1-2,4-5H. The number of nitriles is 1. The third-order valence-electron chi connectivity index (χ3n) is 1.99. The smallest absolute Gasteiger partial charge is 0.258 e. The van der Waals surface area contributed by atoms with Gasteiger partial charge in [-0.2, -0.15) is 10.4 Å². The minimum atomic E-state index is -0.532. The molecule has 0 N–H and O–H groups in total. The number of nitrogens with zero attached hydrogens (tertiary/aromatic N) is 5. The van der Waals surface area contributed by atoms with Crippen LogP contribution in [0.5, 0.6) is 0 Å². The van der Waals surface area contributed by atoms with Crippen LogP contribution in [0.1, 0.15) is 5.56 Å². The molecule has 2 rings (SSSR count). The largest absolute Gasteiger partial charge is 0.287 e. The SMILES string of the molecule is N#Cc1cnn(-c2ccc([N+](=O)[O-])cn2)c1Br. The molecule has 0 atom stereocenters. The second kappa shape index (κ2) is 4.31. The van der Waals surface area contributed by atoms with E-state index in [0.29, 0.717) is 16.0 Å². The van der Waals surface area contributed by atoms with E-state index in [2.05, 4.69) is 26.0 Å². The predicted octanol–water partition coefficient (Wildman–Crippen LogP) is 1.81. The number of aromatic nitrogens is 3. The number of halogens is 1. The van der Waals surface area contributed by atoms with Gasteiger partial charge in [-0.3, -0.25) is 10.1 Å². The fraction of sp³-hybridized carbons (Fsp3) is 0. The van der Waals surface area contributed by atoms with Gasteiger partial charge in [-0.1, -0.05) is 0 Å². The summed E-state index contributed by atoms with van der Waals surface area (Å²) in [4.78, 5) is 13.8. The summed E-state index contributed by atoms with van der Waals surface area (Å²) in [7, 11) is 0. The van der Waals surface area contributed by atoms with Crippen LogP contribution in [0.4, 0.5) is 5.69 Å². The number of hydrogen-bond acceptors (Lipinski definition) is 5. The second-order valence-electron chi connectivity index (χ2n) is 3.00. The lowest BCUT2D eigenvalue weighted by atomic mass is 10.4. The van der Waals surface area contributed by atoms with Gasteiger partial charge < -0.3 is 0 Å². The predicted molar refractivity (Wildman–Crippen MR) is 60.4 cm³/mol. The third-order valence-corrected chi connectivity index (χ3v) is 2.75. The van der Waals surface area contributed by atoms with Crippen molar-refractivity contribution in [1.82, 2.24) is 14.8 Å². The van der Waals surface area contributed by atoms with Crippen molar-refractivity contribution < 1.29 is 4.92 Å². The van der Waals surface area contributed by atoms with Gasteiger partial charge in [-0.25, -0.2) is 9.67 Å². The van der Waals surface area contributed by atoms with Gasteiger partial charge in [0, 0.05) is 6.07 Å². The number of pyridine rings is 1. The molecule has 0 radical (unpaired) electrons. The Hall–Kier alpha value is -2.27.